The molecule has 2 aromatic heterocycles. The summed E-state index contributed by atoms with van der Waals surface area (Å²) in [6.45, 7) is 8.25. The fourth-order valence-corrected chi connectivity index (χ4v) is 4.65. The summed E-state index contributed by atoms with van der Waals surface area (Å²) in [6, 6.07) is 0. The number of carbonyl (C=O) groups is 2. The topological polar surface area (TPSA) is 125 Å². The minimum Gasteiger partial charge on any atom is -0.477 e. The number of fused-ring (bicyclic) bond motifs is 1. The van der Waals surface area contributed by atoms with E-state index >= 15 is 0 Å². The molecule has 1 saturated heterocycles. The van der Waals surface area contributed by atoms with E-state index in [-0.39, 0.29) is 25.3 Å². The normalized spacial score (nSPS) is 17.1. The lowest BCUT2D eigenvalue weighted by Gasteiger charge is -2.29. The highest BCUT2D eigenvalue weighted by atomic mass is 32.1. The fraction of sp³-hybridized carbons (Fsp3) is 0.609. The van der Waals surface area contributed by atoms with Gasteiger partial charge >= 0.3 is 12.1 Å². The number of aromatic nitrogens is 3. The zero-order valence-electron chi connectivity index (χ0n) is 20.3. The predicted molar refractivity (Wildman–Crippen MR) is 128 cm³/mol. The first kappa shape index (κ1) is 25.1. The first-order valence-electron chi connectivity index (χ1n) is 12.0. The average molecular weight is 506 g/mol. The Morgan fingerprint density at radius 2 is 2.11 bits per heavy atom. The zero-order chi connectivity index (χ0) is 24.8. The van der Waals surface area contributed by atoms with Crippen molar-refractivity contribution < 1.29 is 28.5 Å². The van der Waals surface area contributed by atoms with Gasteiger partial charge in [-0.15, -0.1) is 0 Å². The van der Waals surface area contributed by atoms with E-state index in [9.17, 15) is 9.59 Å². The molecule has 0 radical (unpaired) electrons. The van der Waals surface area contributed by atoms with Crippen molar-refractivity contribution >= 4 is 34.5 Å². The molecule has 1 fully saturated rings. The van der Waals surface area contributed by atoms with E-state index in [2.05, 4.69) is 27.2 Å². The van der Waals surface area contributed by atoms with Gasteiger partial charge in [0.1, 0.15) is 11.0 Å². The van der Waals surface area contributed by atoms with Crippen LogP contribution in [0.1, 0.15) is 59.7 Å². The van der Waals surface area contributed by atoms with Gasteiger partial charge in [-0.05, 0) is 26.7 Å². The molecule has 190 valence electrons. The highest BCUT2D eigenvalue weighted by Crippen LogP contribution is 2.30. The van der Waals surface area contributed by atoms with Crippen molar-refractivity contribution in [3.8, 4) is 5.88 Å². The second kappa shape index (κ2) is 11.6. The monoisotopic (exact) mass is 505 g/mol. The molecule has 1 N–H and O–H groups in total. The van der Waals surface area contributed by atoms with E-state index < -0.39 is 5.97 Å². The molecule has 2 aliphatic rings. The van der Waals surface area contributed by atoms with Crippen LogP contribution >= 0.6 is 11.3 Å². The summed E-state index contributed by atoms with van der Waals surface area (Å²) in [5.41, 5.74) is 2.15. The number of nitrogens with one attached hydrogen (secondary N) is 1. The summed E-state index contributed by atoms with van der Waals surface area (Å²) >= 11 is 1.18. The zero-order valence-corrected chi connectivity index (χ0v) is 21.1. The van der Waals surface area contributed by atoms with Crippen LogP contribution in [0.4, 0.5) is 15.9 Å². The maximum absolute atomic E-state index is 12.7. The minimum absolute atomic E-state index is 0.207. The Labute approximate surface area is 208 Å². The second-order valence-corrected chi connectivity index (χ2v) is 9.30. The largest absolute Gasteiger partial charge is 0.477 e. The van der Waals surface area contributed by atoms with Crippen LogP contribution in [0.15, 0.2) is 0 Å². The maximum atomic E-state index is 12.7. The predicted octanol–water partition coefficient (Wildman–Crippen LogP) is 3.62. The number of hydrogen-bond donors (Lipinski definition) is 1. The van der Waals surface area contributed by atoms with Crippen LogP contribution in [0.3, 0.4) is 0 Å². The number of ether oxygens (including phenoxy) is 4. The standard InChI is InChI=1S/C23H31N5O6S/c1-4-6-10-33-19-16-7-9-28(23(30)34-15-8-11-31-13-15)12-17(16)25-21(26-19)27-22-24-14(3)18(35-22)20(29)32-5-2/h15H,4-13H2,1-3H3,(H,24,25,26,27). The third-order valence-electron chi connectivity index (χ3n) is 5.65. The summed E-state index contributed by atoms with van der Waals surface area (Å²) in [5, 5.41) is 3.56. The Morgan fingerprint density at radius 3 is 2.86 bits per heavy atom. The highest BCUT2D eigenvalue weighted by molar-refractivity contribution is 7.17. The van der Waals surface area contributed by atoms with Crippen molar-refractivity contribution in [1.29, 1.82) is 0 Å². The lowest BCUT2D eigenvalue weighted by molar-refractivity contribution is 0.0509. The number of anilines is 2. The molecule has 1 unspecified atom stereocenters. The molecule has 35 heavy (non-hydrogen) atoms. The van der Waals surface area contributed by atoms with E-state index in [0.717, 1.165) is 18.4 Å². The van der Waals surface area contributed by atoms with Gasteiger partial charge < -0.3 is 23.8 Å². The average Bonchev–Trinajstić information content (AvgIpc) is 3.48. The lowest BCUT2D eigenvalue weighted by Crippen LogP contribution is -2.39. The molecule has 0 bridgehead atoms. The molecule has 4 rings (SSSR count). The summed E-state index contributed by atoms with van der Waals surface area (Å²) in [5.74, 6) is 0.383. The summed E-state index contributed by atoms with van der Waals surface area (Å²) in [7, 11) is 0. The number of hydrogen-bond acceptors (Lipinski definition) is 11. The molecule has 12 heteroatoms. The molecule has 0 spiro atoms. The van der Waals surface area contributed by atoms with E-state index in [0.29, 0.717) is 72.4 Å². The van der Waals surface area contributed by atoms with Crippen LogP contribution in [0.25, 0.3) is 0 Å². The van der Waals surface area contributed by atoms with Crippen LogP contribution in [0.5, 0.6) is 5.88 Å². The number of carbonyl (C=O) groups excluding carboxylic acids is 2. The molecule has 2 aromatic rings. The molecule has 0 saturated carbocycles. The third kappa shape index (κ3) is 6.17. The van der Waals surface area contributed by atoms with Gasteiger partial charge in [0.25, 0.3) is 0 Å². The van der Waals surface area contributed by atoms with Crippen LogP contribution in [-0.4, -0.2) is 71.0 Å². The number of nitrogens with zero attached hydrogens (tertiary/aromatic N) is 4. The SMILES string of the molecule is CCCCOc1nc(Nc2nc(C)c(C(=O)OCC)s2)nc2c1CCN(C(=O)OC1CCOC1)C2. The van der Waals surface area contributed by atoms with E-state index in [1.165, 1.54) is 11.3 Å². The molecule has 0 aromatic carbocycles. The van der Waals surface area contributed by atoms with Crippen molar-refractivity contribution in [2.24, 2.45) is 0 Å². The lowest BCUT2D eigenvalue weighted by atomic mass is 10.1. The van der Waals surface area contributed by atoms with Crippen LogP contribution < -0.4 is 10.1 Å². The smallest absolute Gasteiger partial charge is 0.410 e. The maximum Gasteiger partial charge on any atom is 0.410 e. The van der Waals surface area contributed by atoms with Crippen molar-refractivity contribution in [2.45, 2.75) is 59.1 Å². The quantitative estimate of drug-likeness (QED) is 0.399. The Kier molecular flexibility index (Phi) is 8.34. The summed E-state index contributed by atoms with van der Waals surface area (Å²) < 4.78 is 22.0. The van der Waals surface area contributed by atoms with E-state index in [1.54, 1.807) is 18.7 Å². The molecule has 2 aliphatic heterocycles. The Balaban J connectivity index is 1.54. The Hall–Kier alpha value is -2.99. The van der Waals surface area contributed by atoms with Gasteiger partial charge in [0.05, 0.1) is 44.4 Å². The van der Waals surface area contributed by atoms with Crippen LogP contribution in [0.2, 0.25) is 0 Å². The summed E-state index contributed by atoms with van der Waals surface area (Å²) in [6.07, 6.45) is 2.60. The fourth-order valence-electron chi connectivity index (χ4n) is 3.79. The van der Waals surface area contributed by atoms with Gasteiger partial charge in [-0.25, -0.2) is 19.6 Å². The number of thiazole rings is 1. The van der Waals surface area contributed by atoms with Crippen LogP contribution in [0, 0.1) is 6.92 Å². The van der Waals surface area contributed by atoms with E-state index in [4.69, 9.17) is 18.9 Å². The van der Waals surface area contributed by atoms with Gasteiger partial charge in [-0.2, -0.15) is 4.98 Å². The first-order chi connectivity index (χ1) is 17.0. The van der Waals surface area contributed by atoms with E-state index in [1.807, 2.05) is 0 Å². The summed E-state index contributed by atoms with van der Waals surface area (Å²) in [4.78, 5) is 40.6. The molecule has 0 aliphatic carbocycles. The number of amides is 1. The molecule has 1 amide bonds. The minimum atomic E-state index is -0.410. The van der Waals surface area contributed by atoms with Gasteiger partial charge in [0.2, 0.25) is 11.8 Å². The molecule has 11 nitrogen and oxygen atoms in total. The number of unbranched alkanes of at least 4 members (excludes halogenated alkanes) is 1. The van der Waals surface area contributed by atoms with Gasteiger partial charge in [0, 0.05) is 18.5 Å². The number of rotatable bonds is 9. The van der Waals surface area contributed by atoms with Crippen molar-refractivity contribution in [3.63, 3.8) is 0 Å². The third-order valence-corrected chi connectivity index (χ3v) is 6.71. The van der Waals surface area contributed by atoms with Gasteiger partial charge in [0.15, 0.2) is 5.13 Å². The Morgan fingerprint density at radius 1 is 1.26 bits per heavy atom. The van der Waals surface area contributed by atoms with Crippen molar-refractivity contribution in [3.05, 3.63) is 21.8 Å². The van der Waals surface area contributed by atoms with Gasteiger partial charge in [-0.1, -0.05) is 24.7 Å². The van der Waals surface area contributed by atoms with Crippen molar-refractivity contribution in [1.82, 2.24) is 19.9 Å². The second-order valence-electron chi connectivity index (χ2n) is 8.30. The highest BCUT2D eigenvalue weighted by Gasteiger charge is 2.30. The van der Waals surface area contributed by atoms with Crippen molar-refractivity contribution in [2.75, 3.05) is 38.3 Å². The molecular formula is C23H31N5O6S. The van der Waals surface area contributed by atoms with Crippen LogP contribution in [-0.2, 0) is 27.2 Å². The number of aryl methyl sites for hydroxylation is 1. The molecular weight excluding hydrogens is 474 g/mol. The molecule has 1 atom stereocenters. The van der Waals surface area contributed by atoms with Gasteiger partial charge in [-0.3, -0.25) is 5.32 Å². The molecule has 4 heterocycles. The first-order valence-corrected chi connectivity index (χ1v) is 12.8. The Bertz CT molecular complexity index is 1060. The number of esters is 1.